The minimum Gasteiger partial charge on any atom is -0.326 e. The lowest BCUT2D eigenvalue weighted by molar-refractivity contribution is -0.121. The van der Waals surface area contributed by atoms with Crippen molar-refractivity contribution in [2.45, 2.75) is 25.8 Å². The van der Waals surface area contributed by atoms with Gasteiger partial charge in [0.25, 0.3) is 0 Å². The maximum atomic E-state index is 13.1. The summed E-state index contributed by atoms with van der Waals surface area (Å²) in [7, 11) is 0. The van der Waals surface area contributed by atoms with Gasteiger partial charge in [0.2, 0.25) is 5.91 Å². The Morgan fingerprint density at radius 2 is 1.66 bits per heavy atom. The molecule has 0 spiro atoms. The molecule has 0 radical (unpaired) electrons. The zero-order chi connectivity index (χ0) is 20.1. The lowest BCUT2D eigenvalue weighted by Gasteiger charge is -2.37. The second-order valence-electron chi connectivity index (χ2n) is 8.08. The molecule has 148 valence electrons. The Hall–Kier alpha value is -2.91. The van der Waals surface area contributed by atoms with Crippen LogP contribution in [0.5, 0.6) is 0 Å². The number of benzene rings is 3. The molecule has 1 N–H and O–H groups in total. The monoisotopic (exact) mass is 384 g/mol. The van der Waals surface area contributed by atoms with Crippen LogP contribution < -0.4 is 5.32 Å². The summed E-state index contributed by atoms with van der Waals surface area (Å²) >= 11 is 0. The van der Waals surface area contributed by atoms with E-state index in [1.807, 2.05) is 36.4 Å². The van der Waals surface area contributed by atoms with Crippen LogP contribution >= 0.6 is 0 Å². The average Bonchev–Trinajstić information content (AvgIpc) is 2.75. The smallest absolute Gasteiger partial charge is 0.228 e. The number of piperidine rings is 1. The summed E-state index contributed by atoms with van der Waals surface area (Å²) in [5.41, 5.74) is 4.76. The quantitative estimate of drug-likeness (QED) is 0.652. The van der Waals surface area contributed by atoms with E-state index >= 15 is 0 Å². The molecule has 0 saturated carbocycles. The van der Waals surface area contributed by atoms with Crippen molar-refractivity contribution in [3.8, 4) is 0 Å². The number of likely N-dealkylation sites (tertiary alicyclic amines) is 1. The highest BCUT2D eigenvalue weighted by atomic mass is 16.1. The highest BCUT2D eigenvalue weighted by molar-refractivity contribution is 5.92. The molecule has 1 saturated heterocycles. The van der Waals surface area contributed by atoms with Crippen molar-refractivity contribution in [2.24, 2.45) is 5.92 Å². The largest absolute Gasteiger partial charge is 0.326 e. The molecular weight excluding hydrogens is 356 g/mol. The van der Waals surface area contributed by atoms with Crippen molar-refractivity contribution in [3.05, 3.63) is 102 Å². The zero-order valence-corrected chi connectivity index (χ0v) is 16.9. The van der Waals surface area contributed by atoms with Gasteiger partial charge in [-0.1, -0.05) is 78.4 Å². The van der Waals surface area contributed by atoms with E-state index in [1.54, 1.807) is 0 Å². The molecule has 0 bridgehead atoms. The molecule has 1 aliphatic heterocycles. The van der Waals surface area contributed by atoms with Crippen LogP contribution in [0.2, 0.25) is 0 Å². The summed E-state index contributed by atoms with van der Waals surface area (Å²) in [5.74, 6) is 0.448. The first-order valence-electron chi connectivity index (χ1n) is 10.4. The van der Waals surface area contributed by atoms with Crippen LogP contribution in [-0.4, -0.2) is 23.9 Å². The maximum absolute atomic E-state index is 13.1. The predicted molar refractivity (Wildman–Crippen MR) is 119 cm³/mol. The number of rotatable bonds is 5. The van der Waals surface area contributed by atoms with Crippen molar-refractivity contribution in [2.75, 3.05) is 18.4 Å². The van der Waals surface area contributed by atoms with Crippen LogP contribution in [0.4, 0.5) is 5.69 Å². The third-order valence-corrected chi connectivity index (χ3v) is 5.70. The van der Waals surface area contributed by atoms with Crippen LogP contribution in [0.25, 0.3) is 0 Å². The maximum Gasteiger partial charge on any atom is 0.228 e. The minimum absolute atomic E-state index is 0.0295. The number of nitrogens with one attached hydrogen (secondary N) is 1. The molecule has 1 heterocycles. The summed E-state index contributed by atoms with van der Waals surface area (Å²) in [4.78, 5) is 15.5. The highest BCUT2D eigenvalue weighted by Gasteiger charge is 2.32. The third kappa shape index (κ3) is 5.12. The summed E-state index contributed by atoms with van der Waals surface area (Å²) in [6.07, 6.45) is 0.882. The molecule has 1 aliphatic rings. The van der Waals surface area contributed by atoms with Gasteiger partial charge in [0.1, 0.15) is 0 Å². The van der Waals surface area contributed by atoms with Crippen LogP contribution in [-0.2, 0) is 11.3 Å². The van der Waals surface area contributed by atoms with E-state index in [2.05, 4.69) is 65.7 Å². The van der Waals surface area contributed by atoms with Gasteiger partial charge in [-0.15, -0.1) is 0 Å². The standard InChI is InChI=1S/C26H28N2O/c1-20-9-8-12-22(15-20)23-16-24(26(29)27-25-13-6-3-7-14-25)19-28(18-23)17-21-10-4-2-5-11-21/h2-15,23-24H,16-19H2,1H3,(H,27,29)/t23-,24+/m1/s1. The Morgan fingerprint density at radius 1 is 0.931 bits per heavy atom. The second-order valence-corrected chi connectivity index (χ2v) is 8.08. The third-order valence-electron chi connectivity index (χ3n) is 5.70. The van der Waals surface area contributed by atoms with Gasteiger partial charge >= 0.3 is 0 Å². The first-order valence-corrected chi connectivity index (χ1v) is 10.4. The number of nitrogens with zero attached hydrogens (tertiary/aromatic N) is 1. The van der Waals surface area contributed by atoms with Crippen molar-refractivity contribution in [1.29, 1.82) is 0 Å². The second kappa shape index (κ2) is 9.06. The van der Waals surface area contributed by atoms with Crippen molar-refractivity contribution < 1.29 is 4.79 Å². The highest BCUT2D eigenvalue weighted by Crippen LogP contribution is 2.32. The predicted octanol–water partition coefficient (Wildman–Crippen LogP) is 5.24. The Morgan fingerprint density at radius 3 is 2.38 bits per heavy atom. The van der Waals surface area contributed by atoms with E-state index in [0.29, 0.717) is 5.92 Å². The van der Waals surface area contributed by atoms with Crippen molar-refractivity contribution >= 4 is 11.6 Å². The van der Waals surface area contributed by atoms with Gasteiger partial charge in [-0.25, -0.2) is 0 Å². The molecule has 3 heteroatoms. The fraction of sp³-hybridized carbons (Fsp3) is 0.269. The molecular formula is C26H28N2O. The van der Waals surface area contributed by atoms with Gasteiger partial charge < -0.3 is 5.32 Å². The zero-order valence-electron chi connectivity index (χ0n) is 16.9. The Balaban J connectivity index is 1.54. The number of para-hydroxylation sites is 1. The van der Waals surface area contributed by atoms with Crippen LogP contribution in [0.1, 0.15) is 29.0 Å². The molecule has 0 unspecified atom stereocenters. The van der Waals surface area contributed by atoms with Crippen molar-refractivity contribution in [1.82, 2.24) is 4.90 Å². The van der Waals surface area contributed by atoms with E-state index in [-0.39, 0.29) is 11.8 Å². The Bertz CT molecular complexity index is 939. The summed E-state index contributed by atoms with van der Waals surface area (Å²) in [6, 6.07) is 29.0. The van der Waals surface area contributed by atoms with Gasteiger partial charge in [-0.05, 0) is 42.5 Å². The van der Waals surface area contributed by atoms with E-state index in [4.69, 9.17) is 0 Å². The molecule has 1 amide bonds. The Labute approximate surface area is 173 Å². The molecule has 0 aromatic heterocycles. The van der Waals surface area contributed by atoms with Gasteiger partial charge in [-0.2, -0.15) is 0 Å². The van der Waals surface area contributed by atoms with E-state index < -0.39 is 0 Å². The van der Waals surface area contributed by atoms with E-state index in [1.165, 1.54) is 16.7 Å². The number of hydrogen-bond donors (Lipinski definition) is 1. The van der Waals surface area contributed by atoms with E-state index in [0.717, 1.165) is 31.7 Å². The first kappa shape index (κ1) is 19.4. The topological polar surface area (TPSA) is 32.3 Å². The average molecular weight is 385 g/mol. The van der Waals surface area contributed by atoms with Gasteiger partial charge in [0.05, 0.1) is 5.92 Å². The molecule has 3 aromatic carbocycles. The lowest BCUT2D eigenvalue weighted by Crippen LogP contribution is -2.43. The number of amides is 1. The van der Waals surface area contributed by atoms with E-state index in [9.17, 15) is 4.79 Å². The van der Waals surface area contributed by atoms with Gasteiger partial charge in [-0.3, -0.25) is 9.69 Å². The molecule has 2 atom stereocenters. The summed E-state index contributed by atoms with van der Waals surface area (Å²) in [6.45, 7) is 4.77. The number of carbonyl (C=O) groups excluding carboxylic acids is 1. The number of anilines is 1. The lowest BCUT2D eigenvalue weighted by atomic mass is 9.83. The molecule has 1 fully saturated rings. The summed E-state index contributed by atoms with van der Waals surface area (Å²) in [5, 5.41) is 3.11. The number of carbonyl (C=O) groups is 1. The van der Waals surface area contributed by atoms with Gasteiger partial charge in [0.15, 0.2) is 0 Å². The van der Waals surface area contributed by atoms with Crippen LogP contribution in [0, 0.1) is 12.8 Å². The normalized spacial score (nSPS) is 19.6. The number of hydrogen-bond acceptors (Lipinski definition) is 2. The molecule has 0 aliphatic carbocycles. The van der Waals surface area contributed by atoms with Crippen LogP contribution in [0.15, 0.2) is 84.9 Å². The van der Waals surface area contributed by atoms with Crippen molar-refractivity contribution in [3.63, 3.8) is 0 Å². The summed E-state index contributed by atoms with van der Waals surface area (Å²) < 4.78 is 0. The Kier molecular flexibility index (Phi) is 6.06. The minimum atomic E-state index is -0.0295. The molecule has 4 rings (SSSR count). The van der Waals surface area contributed by atoms with Gasteiger partial charge in [0, 0.05) is 25.3 Å². The number of aryl methyl sites for hydroxylation is 1. The fourth-order valence-electron chi connectivity index (χ4n) is 4.28. The fourth-order valence-corrected chi connectivity index (χ4v) is 4.28. The molecule has 29 heavy (non-hydrogen) atoms. The SMILES string of the molecule is Cc1cccc([C@@H]2C[C@H](C(=O)Nc3ccccc3)CN(Cc3ccccc3)C2)c1. The molecule has 3 aromatic rings. The molecule has 3 nitrogen and oxygen atoms in total. The van der Waals surface area contributed by atoms with Crippen LogP contribution in [0.3, 0.4) is 0 Å². The first-order chi connectivity index (χ1) is 14.2.